The highest BCUT2D eigenvalue weighted by Crippen LogP contribution is 2.40. The first-order valence-corrected chi connectivity index (χ1v) is 19.7. The lowest BCUT2D eigenvalue weighted by atomic mass is 10.1. The molecule has 2 amide bonds. The number of fused-ring (bicyclic) bond motifs is 8. The second kappa shape index (κ2) is 19.5. The molecule has 23 heteroatoms. The number of hydrogen-bond donors (Lipinski definition) is 3. The molecule has 64 heavy (non-hydrogen) atoms. The highest BCUT2D eigenvalue weighted by atomic mass is 19.4. The van der Waals surface area contributed by atoms with E-state index in [1.807, 2.05) is 4.90 Å². The third-order valence-corrected chi connectivity index (χ3v) is 10.4. The maximum Gasteiger partial charge on any atom is 0.389 e. The van der Waals surface area contributed by atoms with Crippen LogP contribution in [0, 0.1) is 0 Å². The number of amides is 2. The van der Waals surface area contributed by atoms with Crippen LogP contribution < -0.4 is 31.1 Å². The maximum atomic E-state index is 13.1. The highest BCUT2D eigenvalue weighted by molar-refractivity contribution is 6.05. The molecular formula is C41H42F6N10O7. The van der Waals surface area contributed by atoms with Crippen LogP contribution in [0.2, 0.25) is 0 Å². The predicted molar refractivity (Wildman–Crippen MR) is 220 cm³/mol. The lowest BCUT2D eigenvalue weighted by Crippen LogP contribution is -2.48. The summed E-state index contributed by atoms with van der Waals surface area (Å²) >= 11 is 0. The maximum absolute atomic E-state index is 13.1. The summed E-state index contributed by atoms with van der Waals surface area (Å²) in [6.45, 7) is 3.10. The second-order valence-electron chi connectivity index (χ2n) is 14.8. The number of nitrogens with zero attached hydrogens (tertiary/aromatic N) is 7. The molecule has 0 aliphatic carbocycles. The van der Waals surface area contributed by atoms with Crippen molar-refractivity contribution in [3.05, 3.63) is 83.4 Å². The van der Waals surface area contributed by atoms with Gasteiger partial charge in [-0.1, -0.05) is 0 Å². The molecule has 4 N–H and O–H groups in total. The number of aromatic nitrogens is 4. The molecule has 2 atom stereocenters. The van der Waals surface area contributed by atoms with Gasteiger partial charge in [0.2, 0.25) is 0 Å². The third-order valence-electron chi connectivity index (χ3n) is 10.4. The van der Waals surface area contributed by atoms with E-state index in [0.29, 0.717) is 48.4 Å². The Hall–Kier alpha value is -7.07. The number of Topliss-reactive ketones (excluding diaryl/α,β-unsaturated/α-hetero) is 2. The summed E-state index contributed by atoms with van der Waals surface area (Å²) in [6.07, 6.45) is -8.07. The molecule has 340 valence electrons. The molecule has 4 aliphatic heterocycles. The number of methoxy groups -OCH3 is 2. The Morgan fingerprint density at radius 2 is 1.30 bits per heavy atom. The van der Waals surface area contributed by atoms with Crippen molar-refractivity contribution in [3.8, 4) is 0 Å². The number of pyridine rings is 4. The molecule has 17 nitrogen and oxygen atoms in total. The normalized spacial score (nSPS) is 16.7. The largest absolute Gasteiger partial charge is 0.465 e. The minimum atomic E-state index is -4.45. The zero-order valence-corrected chi connectivity index (χ0v) is 34.3. The van der Waals surface area contributed by atoms with Crippen molar-refractivity contribution in [2.75, 3.05) is 71.5 Å². The number of ether oxygens (including phenoxy) is 2. The molecule has 4 bridgehead atoms. The number of nitrogens with two attached hydrogens (primary N) is 1. The summed E-state index contributed by atoms with van der Waals surface area (Å²) in [7, 11) is 2.56. The van der Waals surface area contributed by atoms with Crippen LogP contribution in [0.4, 0.5) is 65.8 Å². The first-order valence-electron chi connectivity index (χ1n) is 19.7. The second-order valence-corrected chi connectivity index (χ2v) is 14.8. The van der Waals surface area contributed by atoms with Gasteiger partial charge in [-0.05, 0) is 61.4 Å². The fourth-order valence-corrected chi connectivity index (χ4v) is 7.17. The van der Waals surface area contributed by atoms with Gasteiger partial charge in [0.15, 0.2) is 23.2 Å². The van der Waals surface area contributed by atoms with Crippen molar-refractivity contribution in [1.82, 2.24) is 19.9 Å². The van der Waals surface area contributed by atoms with E-state index in [-0.39, 0.29) is 34.6 Å². The molecule has 0 spiro atoms. The van der Waals surface area contributed by atoms with Gasteiger partial charge in [-0.2, -0.15) is 26.3 Å². The van der Waals surface area contributed by atoms with Gasteiger partial charge in [0.25, 0.3) is 0 Å². The Kier molecular flexibility index (Phi) is 14.2. The molecule has 2 saturated heterocycles. The molecular weight excluding hydrogens is 859 g/mol. The zero-order chi connectivity index (χ0) is 46.3. The first kappa shape index (κ1) is 46.4. The van der Waals surface area contributed by atoms with Crippen LogP contribution in [0.25, 0.3) is 0 Å². The molecule has 4 aromatic rings. The molecule has 0 radical (unpaired) electrons. The minimum absolute atomic E-state index is 0.100. The van der Waals surface area contributed by atoms with Gasteiger partial charge in [0.05, 0.1) is 55.6 Å². The van der Waals surface area contributed by atoms with Crippen LogP contribution in [0.5, 0.6) is 0 Å². The number of halogens is 6. The van der Waals surface area contributed by atoms with Crippen LogP contribution in [0.1, 0.15) is 80.2 Å². The van der Waals surface area contributed by atoms with Gasteiger partial charge >= 0.3 is 30.3 Å². The summed E-state index contributed by atoms with van der Waals surface area (Å²) in [5.74, 6) is -0.893. The van der Waals surface area contributed by atoms with Gasteiger partial charge in [-0.15, -0.1) is 0 Å². The smallest absolute Gasteiger partial charge is 0.389 e. The highest BCUT2D eigenvalue weighted by Gasteiger charge is 2.41. The van der Waals surface area contributed by atoms with Crippen LogP contribution in [-0.4, -0.2) is 114 Å². The molecule has 4 aliphatic rings. The number of nitrogens with one attached hydrogen (secondary N) is 2. The minimum Gasteiger partial charge on any atom is -0.465 e. The summed E-state index contributed by atoms with van der Waals surface area (Å²) in [6, 6.07) is 11.8. The molecule has 0 saturated carbocycles. The van der Waals surface area contributed by atoms with E-state index in [0.717, 1.165) is 25.2 Å². The van der Waals surface area contributed by atoms with E-state index in [2.05, 4.69) is 44.9 Å². The first-order chi connectivity index (χ1) is 30.3. The Morgan fingerprint density at radius 3 is 1.86 bits per heavy atom. The van der Waals surface area contributed by atoms with Gasteiger partial charge in [-0.25, -0.2) is 34.3 Å². The average Bonchev–Trinajstić information content (AvgIpc) is 3.88. The number of alkyl halides is 6. The van der Waals surface area contributed by atoms with E-state index in [1.165, 1.54) is 55.8 Å². The number of esters is 2. The number of ketones is 2. The van der Waals surface area contributed by atoms with Crippen LogP contribution in [0.15, 0.2) is 60.9 Å². The summed E-state index contributed by atoms with van der Waals surface area (Å²) in [5, 5.41) is 5.87. The Morgan fingerprint density at radius 1 is 0.734 bits per heavy atom. The van der Waals surface area contributed by atoms with Crippen LogP contribution in [-0.2, 0) is 9.47 Å². The standard InChI is InChI=1S/C21H20F3N5O4.C13H14F3N3O.C7H8N2O2/c1-33-19(31)12-2-5-17(25-10-12)27-20(32)29-13-7-9-28(11-13)15-4-3-14(26-18(15)29)16(30)6-8-21(22,23)24;14-13(15,16)5-3-11(20)9-1-2-10-12(18-9)17-8-4-6-19(10)7-8;1-11-7(10)5-2-3-6(8)9-4-5/h2-5,10,13H,6-9,11H2,1H3,(H,25,27,32);1-2,8H,3-7H2,(H,17,18);2-4H,1H3,(H2,8,9)/t13-;8-;/m00./s1. The van der Waals surface area contributed by atoms with Crippen molar-refractivity contribution < 1.29 is 59.8 Å². The quantitative estimate of drug-likeness (QED) is 0.0931. The van der Waals surface area contributed by atoms with Gasteiger partial charge in [0, 0.05) is 57.5 Å². The van der Waals surface area contributed by atoms with Gasteiger partial charge < -0.3 is 30.3 Å². The van der Waals surface area contributed by atoms with E-state index in [4.69, 9.17) is 5.73 Å². The third kappa shape index (κ3) is 11.7. The molecule has 0 unspecified atom stereocenters. The number of carbonyl (C=O) groups is 5. The lowest BCUT2D eigenvalue weighted by Gasteiger charge is -2.35. The summed E-state index contributed by atoms with van der Waals surface area (Å²) in [5.41, 5.74) is 7.45. The number of hydrogen-bond acceptors (Lipinski definition) is 15. The SMILES string of the molecule is COC(=O)c1ccc(N)nc1.COC(=O)c1ccc(NC(=O)N2c3nc(C(=O)CCC(F)(F)F)ccc3N3CC[C@H]2C3)nc1.O=C(CCC(F)(F)F)c1ccc2c(n1)N[C@H]1CCN2C1. The van der Waals surface area contributed by atoms with Crippen molar-refractivity contribution in [2.45, 2.75) is 63.0 Å². The monoisotopic (exact) mass is 900 g/mol. The van der Waals surface area contributed by atoms with Crippen molar-refractivity contribution in [2.24, 2.45) is 0 Å². The van der Waals surface area contributed by atoms with Gasteiger partial charge in [0.1, 0.15) is 23.0 Å². The van der Waals surface area contributed by atoms with E-state index < -0.39 is 67.6 Å². The lowest BCUT2D eigenvalue weighted by molar-refractivity contribution is -0.134. The van der Waals surface area contributed by atoms with Crippen molar-refractivity contribution in [1.29, 1.82) is 0 Å². The number of nitrogen functional groups attached to an aromatic ring is 1. The Bertz CT molecular complexity index is 2370. The molecule has 0 aromatic carbocycles. The average molecular weight is 901 g/mol. The van der Waals surface area contributed by atoms with E-state index in [9.17, 15) is 50.3 Å². The number of rotatable bonds is 9. The summed E-state index contributed by atoms with van der Waals surface area (Å²) < 4.78 is 83.0. The number of carbonyl (C=O) groups excluding carboxylic acids is 5. The molecule has 8 rings (SSSR count). The molecule has 4 aromatic heterocycles. The van der Waals surface area contributed by atoms with Crippen LogP contribution in [0.3, 0.4) is 0 Å². The van der Waals surface area contributed by atoms with Gasteiger partial charge in [-0.3, -0.25) is 19.8 Å². The molecule has 2 fully saturated rings. The fourth-order valence-electron chi connectivity index (χ4n) is 7.17. The predicted octanol–water partition coefficient (Wildman–Crippen LogP) is 6.48. The van der Waals surface area contributed by atoms with Crippen molar-refractivity contribution in [3.63, 3.8) is 0 Å². The van der Waals surface area contributed by atoms with E-state index >= 15 is 0 Å². The van der Waals surface area contributed by atoms with Crippen molar-refractivity contribution >= 4 is 64.2 Å². The summed E-state index contributed by atoms with van der Waals surface area (Å²) in [4.78, 5) is 81.4. The zero-order valence-electron chi connectivity index (χ0n) is 34.3. The topological polar surface area (TPSA) is 215 Å². The van der Waals surface area contributed by atoms with E-state index in [1.54, 1.807) is 24.3 Å². The number of anilines is 6. The Labute approximate surface area is 361 Å². The van der Waals surface area contributed by atoms with Crippen LogP contribution >= 0.6 is 0 Å². The fraction of sp³-hybridized carbons (Fsp3) is 0.390. The Balaban J connectivity index is 0.000000184. The number of urea groups is 1. The molecule has 8 heterocycles.